The van der Waals surface area contributed by atoms with Crippen LogP contribution >= 0.6 is 11.3 Å². The molecule has 0 fully saturated rings. The number of fused-ring (bicyclic) bond motifs is 12. The summed E-state index contributed by atoms with van der Waals surface area (Å²) in [6, 6.07) is 40.0. The molecule has 1 heteroatoms. The Morgan fingerprint density at radius 3 is 1.90 bits per heavy atom. The average molecular weight is 523 g/mol. The van der Waals surface area contributed by atoms with Gasteiger partial charge in [0.15, 0.2) is 0 Å². The minimum Gasteiger partial charge on any atom is -0.134 e. The van der Waals surface area contributed by atoms with Crippen LogP contribution in [0.25, 0.3) is 76.1 Å². The van der Waals surface area contributed by atoms with Gasteiger partial charge in [-0.05, 0) is 67.8 Å². The van der Waals surface area contributed by atoms with Crippen molar-refractivity contribution in [3.05, 3.63) is 149 Å². The smallest absolute Gasteiger partial charge is 0.0440 e. The zero-order valence-corrected chi connectivity index (χ0v) is 22.4. The first-order valence-electron chi connectivity index (χ1n) is 13.7. The molecule has 0 spiro atoms. The summed E-state index contributed by atoms with van der Waals surface area (Å²) in [7, 11) is 0. The van der Waals surface area contributed by atoms with Gasteiger partial charge in [0.2, 0.25) is 0 Å². The number of thiophene rings is 1. The molecule has 184 valence electrons. The van der Waals surface area contributed by atoms with Crippen molar-refractivity contribution in [2.45, 2.75) is 0 Å². The lowest BCUT2D eigenvalue weighted by molar-refractivity contribution is 1.57. The van der Waals surface area contributed by atoms with Gasteiger partial charge in [0.05, 0.1) is 0 Å². The molecule has 0 radical (unpaired) electrons. The van der Waals surface area contributed by atoms with Crippen molar-refractivity contribution in [3.8, 4) is 11.1 Å². The molecule has 1 heterocycles. The van der Waals surface area contributed by atoms with E-state index in [1.165, 1.54) is 75.1 Å². The molecule has 0 nitrogen and oxygen atoms in total. The molecule has 0 amide bonds. The van der Waals surface area contributed by atoms with E-state index < -0.39 is 0 Å². The fourth-order valence-corrected chi connectivity index (χ4v) is 7.92. The maximum absolute atomic E-state index is 3.73. The summed E-state index contributed by atoms with van der Waals surface area (Å²) in [5, 5.41) is 8.02. The number of rotatable bonds is 1. The van der Waals surface area contributed by atoms with E-state index >= 15 is 0 Å². The Hall–Kier alpha value is -4.94. The van der Waals surface area contributed by atoms with Gasteiger partial charge in [0.25, 0.3) is 0 Å². The summed E-state index contributed by atoms with van der Waals surface area (Å²) in [4.78, 5) is 0. The molecule has 2 bridgehead atoms. The topological polar surface area (TPSA) is 0 Å². The molecule has 2 aliphatic rings. The summed E-state index contributed by atoms with van der Waals surface area (Å²) in [5.74, 6) is 0. The van der Waals surface area contributed by atoms with E-state index in [9.17, 15) is 0 Å². The zero-order valence-electron chi connectivity index (χ0n) is 21.6. The van der Waals surface area contributed by atoms with Crippen molar-refractivity contribution < 1.29 is 0 Å². The molecule has 0 aliphatic heterocycles. The third kappa shape index (κ3) is 3.08. The van der Waals surface area contributed by atoms with E-state index in [4.69, 9.17) is 0 Å². The van der Waals surface area contributed by atoms with Crippen LogP contribution in [0.15, 0.2) is 127 Å². The summed E-state index contributed by atoms with van der Waals surface area (Å²) in [5.41, 5.74) is 13.4. The van der Waals surface area contributed by atoms with E-state index in [0.29, 0.717) is 0 Å². The minimum atomic E-state index is 1.13. The lowest BCUT2D eigenvalue weighted by atomic mass is 9.93. The third-order valence-corrected chi connectivity index (χ3v) is 9.68. The largest absolute Gasteiger partial charge is 0.134 e. The van der Waals surface area contributed by atoms with Gasteiger partial charge < -0.3 is 0 Å². The van der Waals surface area contributed by atoms with Crippen molar-refractivity contribution in [1.82, 2.24) is 0 Å². The highest BCUT2D eigenvalue weighted by molar-refractivity contribution is 7.27. The predicted molar refractivity (Wildman–Crippen MR) is 175 cm³/mol. The maximum Gasteiger partial charge on any atom is 0.0440 e. The van der Waals surface area contributed by atoms with Crippen LogP contribution in [0.2, 0.25) is 0 Å². The van der Waals surface area contributed by atoms with Crippen LogP contribution in [-0.2, 0) is 0 Å². The molecule has 2 aliphatic carbocycles. The lowest BCUT2D eigenvalue weighted by Gasteiger charge is -2.10. The molecule has 0 atom stereocenters. The standard InChI is InChI=1S/C39H22S/c1-2-9-29-24(8-1)16-20-27-22-26(29)19-17-25-18-21-28(23-36(25)27)30-14-7-15-35-37-33-12-5-3-10-31(33)32-11-4-6-13-34(32)39(37)40-38(30)35/h1-21,23H. The molecular weight excluding hydrogens is 500 g/mol. The van der Waals surface area contributed by atoms with Gasteiger partial charge in [-0.15, -0.1) is 17.1 Å². The van der Waals surface area contributed by atoms with Gasteiger partial charge in [-0.1, -0.05) is 115 Å². The molecule has 6 aromatic carbocycles. The lowest BCUT2D eigenvalue weighted by Crippen LogP contribution is -1.89. The average Bonchev–Trinajstić information content (AvgIpc) is 3.19. The number of hydrogen-bond acceptors (Lipinski definition) is 1. The number of hydrogen-bond donors (Lipinski definition) is 0. The molecule has 40 heavy (non-hydrogen) atoms. The fourth-order valence-electron chi connectivity index (χ4n) is 6.53. The minimum absolute atomic E-state index is 1.13. The summed E-state index contributed by atoms with van der Waals surface area (Å²) >= 11 is 1.93. The van der Waals surface area contributed by atoms with Gasteiger partial charge in [-0.25, -0.2) is 0 Å². The summed E-state index contributed by atoms with van der Waals surface area (Å²) in [6.45, 7) is 0. The van der Waals surface area contributed by atoms with Crippen molar-refractivity contribution in [3.63, 3.8) is 0 Å². The van der Waals surface area contributed by atoms with Gasteiger partial charge in [0, 0.05) is 36.7 Å². The third-order valence-electron chi connectivity index (χ3n) is 8.41. The first-order chi connectivity index (χ1) is 19.8. The van der Waals surface area contributed by atoms with E-state index in [-0.39, 0.29) is 0 Å². The molecule has 0 unspecified atom stereocenters. The maximum atomic E-state index is 3.73. The van der Waals surface area contributed by atoms with Crippen LogP contribution in [0.4, 0.5) is 0 Å². The van der Waals surface area contributed by atoms with E-state index in [0.717, 1.165) is 11.1 Å². The van der Waals surface area contributed by atoms with E-state index in [2.05, 4.69) is 139 Å². The highest BCUT2D eigenvalue weighted by Gasteiger charge is 2.18. The van der Waals surface area contributed by atoms with Gasteiger partial charge >= 0.3 is 0 Å². The second-order valence-electron chi connectivity index (χ2n) is 10.6. The number of benzene rings is 6. The molecule has 0 N–H and O–H groups in total. The van der Waals surface area contributed by atoms with Gasteiger partial charge in [-0.2, -0.15) is 0 Å². The molecule has 9 rings (SSSR count). The van der Waals surface area contributed by atoms with Crippen LogP contribution in [0, 0.1) is 0 Å². The summed E-state index contributed by atoms with van der Waals surface area (Å²) in [6.07, 6.45) is 8.89. The van der Waals surface area contributed by atoms with Crippen LogP contribution in [0.5, 0.6) is 0 Å². The summed E-state index contributed by atoms with van der Waals surface area (Å²) < 4.78 is 2.71. The molecule has 0 saturated carbocycles. The van der Waals surface area contributed by atoms with Crippen LogP contribution < -0.4 is 0 Å². The monoisotopic (exact) mass is 522 g/mol. The Morgan fingerprint density at radius 2 is 1.05 bits per heavy atom. The highest BCUT2D eigenvalue weighted by atomic mass is 32.1. The molecule has 0 saturated heterocycles. The van der Waals surface area contributed by atoms with E-state index in [1.807, 2.05) is 11.3 Å². The molecular formula is C39H22S. The number of allylic oxidation sites excluding steroid dienone is 3. The quantitative estimate of drug-likeness (QED) is 0.149. The Balaban J connectivity index is 1.31. The Morgan fingerprint density at radius 1 is 0.425 bits per heavy atom. The van der Waals surface area contributed by atoms with Crippen molar-refractivity contribution in [1.29, 1.82) is 0 Å². The zero-order chi connectivity index (χ0) is 26.2. The Kier molecular flexibility index (Phi) is 4.54. The Bertz CT molecular complexity index is 2350. The second-order valence-corrected chi connectivity index (χ2v) is 11.6. The first kappa shape index (κ1) is 21.9. The SMILES string of the molecule is C1=C2C=Cc3ccc(-c4cccc5c4sc4c6ccccc6c6ccccc6c54)cc3C=1C=Cc1ccccc12. The van der Waals surface area contributed by atoms with Gasteiger partial charge in [0.1, 0.15) is 0 Å². The van der Waals surface area contributed by atoms with Crippen LogP contribution in [0.3, 0.4) is 0 Å². The highest BCUT2D eigenvalue weighted by Crippen LogP contribution is 2.47. The normalized spacial score (nSPS) is 13.7. The van der Waals surface area contributed by atoms with Crippen molar-refractivity contribution in [2.24, 2.45) is 0 Å². The van der Waals surface area contributed by atoms with Crippen LogP contribution in [-0.4, -0.2) is 0 Å². The second kappa shape index (κ2) is 8.28. The molecule has 7 aromatic rings. The predicted octanol–water partition coefficient (Wildman–Crippen LogP) is 11.1. The van der Waals surface area contributed by atoms with Crippen LogP contribution in [0.1, 0.15) is 22.3 Å². The van der Waals surface area contributed by atoms with E-state index in [1.54, 1.807) is 0 Å². The Labute approximate surface area is 236 Å². The fraction of sp³-hybridized carbons (Fsp3) is 0. The van der Waals surface area contributed by atoms with Gasteiger partial charge in [-0.3, -0.25) is 0 Å². The first-order valence-corrected chi connectivity index (χ1v) is 14.5. The van der Waals surface area contributed by atoms with Crippen molar-refractivity contribution in [2.75, 3.05) is 0 Å². The van der Waals surface area contributed by atoms with Crippen molar-refractivity contribution >= 4 is 76.4 Å². The molecule has 1 aromatic heterocycles.